The fourth-order valence-electron chi connectivity index (χ4n) is 1.54. The summed E-state index contributed by atoms with van der Waals surface area (Å²) in [4.78, 5) is 24.7. The first-order valence-electron chi connectivity index (χ1n) is 4.45. The van der Waals surface area contributed by atoms with Gasteiger partial charge in [0.2, 0.25) is 0 Å². The summed E-state index contributed by atoms with van der Waals surface area (Å²) >= 11 is 0. The van der Waals surface area contributed by atoms with Gasteiger partial charge in [-0.2, -0.15) is 0 Å². The largest absolute Gasteiger partial charge is 0.475 e. The minimum absolute atomic E-state index is 0.209. The molecule has 2 aromatic rings. The van der Waals surface area contributed by atoms with Crippen molar-refractivity contribution in [3.63, 3.8) is 0 Å². The number of fused-ring (bicyclic) bond motifs is 1. The van der Waals surface area contributed by atoms with Gasteiger partial charge in [0.15, 0.2) is 0 Å². The van der Waals surface area contributed by atoms with Crippen LogP contribution in [0.2, 0.25) is 0 Å². The number of carbonyl (C=O) groups is 2. The SMILES string of the molecule is Cc1ccc2[nH]cc(C(=O)C(=O)O)c2c1. The maximum absolute atomic E-state index is 11.3. The second kappa shape index (κ2) is 3.24. The number of aliphatic carboxylic acids is 1. The Morgan fingerprint density at radius 1 is 1.33 bits per heavy atom. The lowest BCUT2D eigenvalue weighted by Gasteiger charge is -1.95. The van der Waals surface area contributed by atoms with E-state index >= 15 is 0 Å². The number of rotatable bonds is 2. The van der Waals surface area contributed by atoms with Crippen molar-refractivity contribution >= 4 is 22.7 Å². The number of hydrogen-bond donors (Lipinski definition) is 2. The number of aryl methyl sites for hydroxylation is 1. The average molecular weight is 203 g/mol. The molecule has 4 heteroatoms. The molecule has 0 saturated heterocycles. The first-order chi connectivity index (χ1) is 7.09. The van der Waals surface area contributed by atoms with E-state index in [2.05, 4.69) is 4.98 Å². The molecule has 0 fully saturated rings. The quantitative estimate of drug-likeness (QED) is 0.577. The van der Waals surface area contributed by atoms with Crippen LogP contribution in [0.1, 0.15) is 15.9 Å². The van der Waals surface area contributed by atoms with Crippen molar-refractivity contribution in [2.75, 3.05) is 0 Å². The summed E-state index contributed by atoms with van der Waals surface area (Å²) < 4.78 is 0. The summed E-state index contributed by atoms with van der Waals surface area (Å²) in [7, 11) is 0. The Morgan fingerprint density at radius 3 is 2.73 bits per heavy atom. The Bertz CT molecular complexity index is 554. The van der Waals surface area contributed by atoms with Crippen LogP contribution in [0.15, 0.2) is 24.4 Å². The van der Waals surface area contributed by atoms with Gasteiger partial charge in [-0.05, 0) is 19.1 Å². The standard InChI is InChI=1S/C11H9NO3/c1-6-2-3-9-7(4-6)8(5-12-9)10(13)11(14)15/h2-5,12H,1H3,(H,14,15). The van der Waals surface area contributed by atoms with Gasteiger partial charge in [0, 0.05) is 17.1 Å². The zero-order chi connectivity index (χ0) is 11.0. The lowest BCUT2D eigenvalue weighted by Crippen LogP contribution is -2.11. The highest BCUT2D eigenvalue weighted by molar-refractivity contribution is 6.42. The van der Waals surface area contributed by atoms with Gasteiger partial charge in [0.05, 0.1) is 5.56 Å². The monoisotopic (exact) mass is 203 g/mol. The van der Waals surface area contributed by atoms with Crippen molar-refractivity contribution < 1.29 is 14.7 Å². The van der Waals surface area contributed by atoms with E-state index in [-0.39, 0.29) is 5.56 Å². The summed E-state index contributed by atoms with van der Waals surface area (Å²) in [5.74, 6) is -2.32. The Balaban J connectivity index is 2.67. The summed E-state index contributed by atoms with van der Waals surface area (Å²) in [5, 5.41) is 9.27. The van der Waals surface area contributed by atoms with E-state index in [4.69, 9.17) is 5.11 Å². The van der Waals surface area contributed by atoms with E-state index in [1.165, 1.54) is 6.20 Å². The molecule has 0 unspecified atom stereocenters. The highest BCUT2D eigenvalue weighted by Gasteiger charge is 2.18. The molecule has 1 aromatic heterocycles. The van der Waals surface area contributed by atoms with Crippen molar-refractivity contribution in [2.24, 2.45) is 0 Å². The van der Waals surface area contributed by atoms with E-state index in [1.54, 1.807) is 6.07 Å². The molecule has 0 atom stereocenters. The third-order valence-corrected chi connectivity index (χ3v) is 2.28. The number of carboxylic acid groups (broad SMARTS) is 1. The van der Waals surface area contributed by atoms with Crippen LogP contribution in [0.4, 0.5) is 0 Å². The predicted molar refractivity (Wildman–Crippen MR) is 55.0 cm³/mol. The molecule has 0 bridgehead atoms. The molecule has 1 aromatic carbocycles. The number of nitrogens with one attached hydrogen (secondary N) is 1. The summed E-state index contributed by atoms with van der Waals surface area (Å²) in [6.45, 7) is 1.89. The maximum atomic E-state index is 11.3. The first kappa shape index (κ1) is 9.45. The van der Waals surface area contributed by atoms with E-state index in [0.717, 1.165) is 11.1 Å². The highest BCUT2D eigenvalue weighted by Crippen LogP contribution is 2.19. The van der Waals surface area contributed by atoms with Crippen LogP contribution in [0, 0.1) is 6.92 Å². The Morgan fingerprint density at radius 2 is 2.07 bits per heavy atom. The fraction of sp³-hybridized carbons (Fsp3) is 0.0909. The normalized spacial score (nSPS) is 10.5. The number of H-pyrrole nitrogens is 1. The van der Waals surface area contributed by atoms with E-state index in [0.29, 0.717) is 5.39 Å². The molecule has 76 valence electrons. The van der Waals surface area contributed by atoms with E-state index in [9.17, 15) is 9.59 Å². The molecule has 0 amide bonds. The molecule has 0 saturated carbocycles. The van der Waals surface area contributed by atoms with Crippen molar-refractivity contribution in [2.45, 2.75) is 6.92 Å². The van der Waals surface area contributed by atoms with E-state index in [1.807, 2.05) is 19.1 Å². The van der Waals surface area contributed by atoms with Crippen molar-refractivity contribution in [3.05, 3.63) is 35.5 Å². The predicted octanol–water partition coefficient (Wildman–Crippen LogP) is 1.74. The number of hydrogen-bond acceptors (Lipinski definition) is 2. The molecule has 0 aliphatic carbocycles. The van der Waals surface area contributed by atoms with Crippen molar-refractivity contribution in [1.82, 2.24) is 4.98 Å². The number of aromatic nitrogens is 1. The molecule has 2 N–H and O–H groups in total. The Labute approximate surface area is 85.5 Å². The summed E-state index contributed by atoms with van der Waals surface area (Å²) in [6.07, 6.45) is 1.43. The molecule has 15 heavy (non-hydrogen) atoms. The van der Waals surface area contributed by atoms with Crippen LogP contribution >= 0.6 is 0 Å². The minimum Gasteiger partial charge on any atom is -0.475 e. The van der Waals surface area contributed by atoms with Crippen LogP contribution in [0.3, 0.4) is 0 Å². The number of ketones is 1. The third-order valence-electron chi connectivity index (χ3n) is 2.28. The number of aromatic amines is 1. The molecule has 4 nitrogen and oxygen atoms in total. The van der Waals surface area contributed by atoms with Gasteiger partial charge < -0.3 is 10.1 Å². The second-order valence-corrected chi connectivity index (χ2v) is 3.39. The minimum atomic E-state index is -1.43. The van der Waals surface area contributed by atoms with Crippen LogP contribution in [0.5, 0.6) is 0 Å². The zero-order valence-electron chi connectivity index (χ0n) is 8.07. The molecule has 1 heterocycles. The Kier molecular flexibility index (Phi) is 2.04. The molecule has 2 rings (SSSR count). The maximum Gasteiger partial charge on any atom is 0.377 e. The Hall–Kier alpha value is -2.10. The molecular weight excluding hydrogens is 194 g/mol. The number of benzene rings is 1. The topological polar surface area (TPSA) is 70.2 Å². The first-order valence-corrected chi connectivity index (χ1v) is 4.45. The number of carboxylic acids is 1. The number of Topliss-reactive ketones (excluding diaryl/α,β-unsaturated/α-hetero) is 1. The third kappa shape index (κ3) is 1.50. The molecule has 0 aliphatic heterocycles. The summed E-state index contributed by atoms with van der Waals surface area (Å²) in [5.41, 5.74) is 1.97. The van der Waals surface area contributed by atoms with Gasteiger partial charge in [-0.15, -0.1) is 0 Å². The smallest absolute Gasteiger partial charge is 0.377 e. The van der Waals surface area contributed by atoms with Crippen molar-refractivity contribution in [1.29, 1.82) is 0 Å². The van der Waals surface area contributed by atoms with Crippen LogP contribution in [-0.4, -0.2) is 21.8 Å². The van der Waals surface area contributed by atoms with Crippen molar-refractivity contribution in [3.8, 4) is 0 Å². The van der Waals surface area contributed by atoms with Crippen LogP contribution < -0.4 is 0 Å². The van der Waals surface area contributed by atoms with Gasteiger partial charge in [0.25, 0.3) is 5.78 Å². The van der Waals surface area contributed by atoms with Gasteiger partial charge in [-0.25, -0.2) is 4.79 Å². The van der Waals surface area contributed by atoms with Crippen LogP contribution in [-0.2, 0) is 4.79 Å². The molecule has 0 spiro atoms. The lowest BCUT2D eigenvalue weighted by atomic mass is 10.1. The van der Waals surface area contributed by atoms with Gasteiger partial charge in [-0.3, -0.25) is 4.79 Å². The van der Waals surface area contributed by atoms with Gasteiger partial charge in [0.1, 0.15) is 0 Å². The molecule has 0 aliphatic rings. The lowest BCUT2D eigenvalue weighted by molar-refractivity contribution is -0.131. The number of carbonyl (C=O) groups excluding carboxylic acids is 1. The van der Waals surface area contributed by atoms with Gasteiger partial charge >= 0.3 is 5.97 Å². The highest BCUT2D eigenvalue weighted by atomic mass is 16.4. The molecule has 0 radical (unpaired) electrons. The fourth-order valence-corrected chi connectivity index (χ4v) is 1.54. The average Bonchev–Trinajstić information content (AvgIpc) is 2.59. The zero-order valence-corrected chi connectivity index (χ0v) is 8.07. The van der Waals surface area contributed by atoms with E-state index < -0.39 is 11.8 Å². The second-order valence-electron chi connectivity index (χ2n) is 3.39. The van der Waals surface area contributed by atoms with Gasteiger partial charge in [-0.1, -0.05) is 11.6 Å². The molecular formula is C11H9NO3. The summed E-state index contributed by atoms with van der Waals surface area (Å²) in [6, 6.07) is 5.51. The van der Waals surface area contributed by atoms with Crippen LogP contribution in [0.25, 0.3) is 10.9 Å².